The van der Waals surface area contributed by atoms with Crippen LogP contribution in [0, 0.1) is 17.8 Å². The second kappa shape index (κ2) is 6.08. The molecule has 0 aliphatic heterocycles. The second-order valence-electron chi connectivity index (χ2n) is 6.30. The lowest BCUT2D eigenvalue weighted by Crippen LogP contribution is -2.38. The van der Waals surface area contributed by atoms with E-state index in [1.54, 1.807) is 13.4 Å². The third-order valence-corrected chi connectivity index (χ3v) is 4.84. The number of ether oxygens (including phenoxy) is 1. The second-order valence-corrected chi connectivity index (χ2v) is 6.30. The molecule has 0 saturated heterocycles. The van der Waals surface area contributed by atoms with Crippen molar-refractivity contribution < 1.29 is 4.74 Å². The summed E-state index contributed by atoms with van der Waals surface area (Å²) in [7, 11) is 1.66. The van der Waals surface area contributed by atoms with E-state index in [4.69, 9.17) is 4.74 Å². The highest BCUT2D eigenvalue weighted by molar-refractivity contribution is 5.15. The fraction of sp³-hybridized carbons (Fsp3) is 0.750. The first kappa shape index (κ1) is 13.8. The Bertz CT molecular complexity index is 441. The molecule has 3 atom stereocenters. The Morgan fingerprint density at radius 2 is 2.10 bits per heavy atom. The number of methoxy groups -OCH3 is 1. The largest absolute Gasteiger partial charge is 0.481 e. The predicted octanol–water partition coefficient (Wildman–Crippen LogP) is 2.44. The summed E-state index contributed by atoms with van der Waals surface area (Å²) >= 11 is 0. The Morgan fingerprint density at radius 1 is 1.30 bits per heavy atom. The minimum Gasteiger partial charge on any atom is -0.481 e. The quantitative estimate of drug-likeness (QED) is 0.830. The van der Waals surface area contributed by atoms with Gasteiger partial charge in [0.15, 0.2) is 0 Å². The van der Waals surface area contributed by atoms with Gasteiger partial charge in [-0.15, -0.1) is 0 Å². The van der Waals surface area contributed by atoms with Gasteiger partial charge in [0.1, 0.15) is 6.33 Å². The lowest BCUT2D eigenvalue weighted by Gasteiger charge is -2.26. The van der Waals surface area contributed by atoms with Crippen molar-refractivity contribution in [2.45, 2.75) is 45.1 Å². The van der Waals surface area contributed by atoms with Gasteiger partial charge >= 0.3 is 0 Å². The number of rotatable bonds is 7. The molecule has 2 aliphatic rings. The highest BCUT2D eigenvalue weighted by Crippen LogP contribution is 2.55. The molecule has 2 fully saturated rings. The Kier molecular flexibility index (Phi) is 4.20. The first-order valence-corrected chi connectivity index (χ1v) is 7.88. The summed E-state index contributed by atoms with van der Waals surface area (Å²) in [5, 5.41) is 3.74. The molecule has 0 bridgehead atoms. The van der Waals surface area contributed by atoms with Crippen LogP contribution in [-0.2, 0) is 6.42 Å². The number of aromatic nitrogens is 2. The average molecular weight is 275 g/mol. The Labute approximate surface area is 121 Å². The van der Waals surface area contributed by atoms with Crippen molar-refractivity contribution in [3.05, 3.63) is 18.1 Å². The van der Waals surface area contributed by atoms with E-state index >= 15 is 0 Å². The van der Waals surface area contributed by atoms with E-state index in [1.807, 2.05) is 6.07 Å². The zero-order valence-electron chi connectivity index (χ0n) is 12.5. The van der Waals surface area contributed by atoms with E-state index in [2.05, 4.69) is 22.2 Å². The number of fused-ring (bicyclic) bond motifs is 1. The van der Waals surface area contributed by atoms with Gasteiger partial charge in [-0.1, -0.05) is 6.92 Å². The third kappa shape index (κ3) is 3.11. The molecule has 4 heteroatoms. The van der Waals surface area contributed by atoms with Crippen LogP contribution < -0.4 is 10.1 Å². The monoisotopic (exact) mass is 275 g/mol. The van der Waals surface area contributed by atoms with Gasteiger partial charge in [-0.25, -0.2) is 9.97 Å². The van der Waals surface area contributed by atoms with E-state index in [0.717, 1.165) is 36.4 Å². The van der Waals surface area contributed by atoms with Crippen LogP contribution in [0.25, 0.3) is 0 Å². The van der Waals surface area contributed by atoms with Crippen LogP contribution in [0.4, 0.5) is 0 Å². The van der Waals surface area contributed by atoms with Crippen LogP contribution in [0.15, 0.2) is 12.4 Å². The lowest BCUT2D eigenvalue weighted by atomic mass is 9.91. The van der Waals surface area contributed by atoms with Crippen molar-refractivity contribution in [2.75, 3.05) is 13.7 Å². The van der Waals surface area contributed by atoms with Crippen molar-refractivity contribution in [2.24, 2.45) is 17.8 Å². The number of hydrogen-bond donors (Lipinski definition) is 1. The fourth-order valence-electron chi connectivity index (χ4n) is 3.65. The van der Waals surface area contributed by atoms with E-state index in [0.29, 0.717) is 11.9 Å². The van der Waals surface area contributed by atoms with Crippen molar-refractivity contribution in [3.8, 4) is 5.88 Å². The molecule has 110 valence electrons. The SMILES string of the molecule is CCCNC(Cc1cc(OC)ncn1)C1CC2CC2C1. The predicted molar refractivity (Wildman–Crippen MR) is 78.7 cm³/mol. The molecule has 0 spiro atoms. The van der Waals surface area contributed by atoms with Crippen LogP contribution in [-0.4, -0.2) is 29.7 Å². The van der Waals surface area contributed by atoms with Gasteiger partial charge in [0.05, 0.1) is 7.11 Å². The highest BCUT2D eigenvalue weighted by atomic mass is 16.5. The molecule has 2 aliphatic carbocycles. The Balaban J connectivity index is 1.65. The number of nitrogens with zero attached hydrogens (tertiary/aromatic N) is 2. The molecule has 1 heterocycles. The Morgan fingerprint density at radius 3 is 2.80 bits per heavy atom. The minimum atomic E-state index is 0.558. The molecule has 1 aromatic heterocycles. The van der Waals surface area contributed by atoms with Crippen molar-refractivity contribution in [1.82, 2.24) is 15.3 Å². The molecule has 0 amide bonds. The molecule has 1 N–H and O–H groups in total. The van der Waals surface area contributed by atoms with Crippen LogP contribution in [0.1, 0.15) is 38.3 Å². The van der Waals surface area contributed by atoms with E-state index < -0.39 is 0 Å². The van der Waals surface area contributed by atoms with Gasteiger partial charge in [-0.3, -0.25) is 0 Å². The maximum atomic E-state index is 5.20. The molecular weight excluding hydrogens is 250 g/mol. The first-order chi connectivity index (χ1) is 9.80. The standard InChI is InChI=1S/C16H25N3O/c1-3-4-17-15(13-6-11-5-12(11)7-13)8-14-9-16(20-2)19-10-18-14/h9-13,15,17H,3-8H2,1-2H3. The van der Waals surface area contributed by atoms with Gasteiger partial charge in [0.25, 0.3) is 0 Å². The van der Waals surface area contributed by atoms with Crippen LogP contribution in [0.5, 0.6) is 5.88 Å². The van der Waals surface area contributed by atoms with Crippen LogP contribution >= 0.6 is 0 Å². The maximum absolute atomic E-state index is 5.20. The molecule has 0 radical (unpaired) electrons. The molecule has 4 nitrogen and oxygen atoms in total. The average Bonchev–Trinajstić information content (AvgIpc) is 3.10. The topological polar surface area (TPSA) is 47.0 Å². The van der Waals surface area contributed by atoms with Gasteiger partial charge in [0.2, 0.25) is 5.88 Å². The third-order valence-electron chi connectivity index (χ3n) is 4.84. The van der Waals surface area contributed by atoms with E-state index in [-0.39, 0.29) is 0 Å². The van der Waals surface area contributed by atoms with Gasteiger partial charge in [0, 0.05) is 24.2 Å². The normalized spacial score (nSPS) is 29.0. The summed E-state index contributed by atoms with van der Waals surface area (Å²) in [6, 6.07) is 2.53. The summed E-state index contributed by atoms with van der Waals surface area (Å²) in [4.78, 5) is 8.50. The summed E-state index contributed by atoms with van der Waals surface area (Å²) in [6.45, 7) is 3.32. The summed E-state index contributed by atoms with van der Waals surface area (Å²) in [6.07, 6.45) is 8.09. The highest BCUT2D eigenvalue weighted by Gasteiger charge is 2.47. The minimum absolute atomic E-state index is 0.558. The smallest absolute Gasteiger partial charge is 0.216 e. The van der Waals surface area contributed by atoms with Crippen molar-refractivity contribution in [1.29, 1.82) is 0 Å². The van der Waals surface area contributed by atoms with Gasteiger partial charge in [-0.2, -0.15) is 0 Å². The molecule has 0 aromatic carbocycles. The Hall–Kier alpha value is -1.16. The maximum Gasteiger partial charge on any atom is 0.216 e. The molecule has 20 heavy (non-hydrogen) atoms. The summed E-state index contributed by atoms with van der Waals surface area (Å²) in [5.74, 6) is 3.56. The van der Waals surface area contributed by atoms with Gasteiger partial charge < -0.3 is 10.1 Å². The van der Waals surface area contributed by atoms with E-state index in [1.165, 1.54) is 25.7 Å². The molecule has 1 aromatic rings. The molecular formula is C16H25N3O. The zero-order valence-corrected chi connectivity index (χ0v) is 12.5. The fourth-order valence-corrected chi connectivity index (χ4v) is 3.65. The molecule has 2 saturated carbocycles. The zero-order chi connectivity index (χ0) is 13.9. The van der Waals surface area contributed by atoms with Crippen LogP contribution in [0.3, 0.4) is 0 Å². The first-order valence-electron chi connectivity index (χ1n) is 7.88. The van der Waals surface area contributed by atoms with Crippen LogP contribution in [0.2, 0.25) is 0 Å². The van der Waals surface area contributed by atoms with Crippen molar-refractivity contribution >= 4 is 0 Å². The van der Waals surface area contributed by atoms with E-state index in [9.17, 15) is 0 Å². The number of nitrogens with one attached hydrogen (secondary N) is 1. The van der Waals surface area contributed by atoms with Crippen molar-refractivity contribution in [3.63, 3.8) is 0 Å². The lowest BCUT2D eigenvalue weighted by molar-refractivity contribution is 0.329. The molecule has 3 unspecified atom stereocenters. The summed E-state index contributed by atoms with van der Waals surface area (Å²) in [5.41, 5.74) is 1.09. The van der Waals surface area contributed by atoms with Gasteiger partial charge in [-0.05, 0) is 50.0 Å². The summed E-state index contributed by atoms with van der Waals surface area (Å²) < 4.78 is 5.20. The number of hydrogen-bond acceptors (Lipinski definition) is 4. The molecule has 3 rings (SSSR count).